The number of nitrogens with one attached hydrogen (secondary N) is 1. The molecule has 0 bridgehead atoms. The van der Waals surface area contributed by atoms with Gasteiger partial charge in [-0.05, 0) is 79.3 Å². The molecule has 1 atom stereocenters. The van der Waals surface area contributed by atoms with Crippen LogP contribution < -0.4 is 14.8 Å². The molecule has 1 unspecified atom stereocenters. The van der Waals surface area contributed by atoms with Gasteiger partial charge in [-0.2, -0.15) is 0 Å². The van der Waals surface area contributed by atoms with Crippen molar-refractivity contribution in [3.8, 4) is 11.5 Å². The van der Waals surface area contributed by atoms with E-state index in [-0.39, 0.29) is 12.5 Å². The van der Waals surface area contributed by atoms with Crippen LogP contribution in [0, 0.1) is 0 Å². The molecule has 0 spiro atoms. The lowest BCUT2D eigenvalue weighted by atomic mass is 9.99. The Morgan fingerprint density at radius 3 is 2.45 bits per heavy atom. The van der Waals surface area contributed by atoms with E-state index in [1.54, 1.807) is 24.3 Å². The number of fused-ring (bicyclic) bond motifs is 1. The number of hydrogen-bond donors (Lipinski definition) is 1. The van der Waals surface area contributed by atoms with Crippen LogP contribution in [-0.4, -0.2) is 35.2 Å². The number of benzene rings is 3. The lowest BCUT2D eigenvalue weighted by Crippen LogP contribution is -2.31. The Bertz CT molecular complexity index is 1300. The first-order chi connectivity index (χ1) is 18.5. The summed E-state index contributed by atoms with van der Waals surface area (Å²) in [4.78, 5) is 17.1. The zero-order valence-corrected chi connectivity index (χ0v) is 22.9. The average molecular weight is 534 g/mol. The molecule has 0 saturated heterocycles. The molecule has 1 aromatic heterocycles. The predicted octanol–water partition coefficient (Wildman–Crippen LogP) is 6.80. The second-order valence-electron chi connectivity index (χ2n) is 9.44. The quantitative estimate of drug-likeness (QED) is 0.181. The largest absolute Gasteiger partial charge is 0.494 e. The Hall–Kier alpha value is -3.51. The Morgan fingerprint density at radius 1 is 0.974 bits per heavy atom. The maximum Gasteiger partial charge on any atom is 0.257 e. The SMILES string of the molecule is CCC(C)c1ccc(OCCCCn2c(CCNC(=O)COc3ccc(Cl)cc3)nc3ccccc32)cc1. The van der Waals surface area contributed by atoms with Gasteiger partial charge in [-0.1, -0.05) is 49.7 Å². The molecule has 1 amide bonds. The molecule has 0 radical (unpaired) electrons. The van der Waals surface area contributed by atoms with E-state index < -0.39 is 0 Å². The highest BCUT2D eigenvalue weighted by Crippen LogP contribution is 2.22. The number of hydrogen-bond acceptors (Lipinski definition) is 4. The molecule has 1 N–H and O–H groups in total. The second kappa shape index (κ2) is 13.9. The topological polar surface area (TPSA) is 65.4 Å². The van der Waals surface area contributed by atoms with Crippen molar-refractivity contribution in [2.75, 3.05) is 19.8 Å². The zero-order valence-electron chi connectivity index (χ0n) is 22.2. The van der Waals surface area contributed by atoms with Gasteiger partial charge < -0.3 is 19.4 Å². The van der Waals surface area contributed by atoms with Crippen LogP contribution in [0.4, 0.5) is 0 Å². The minimum atomic E-state index is -0.169. The summed E-state index contributed by atoms with van der Waals surface area (Å²) in [6.07, 6.45) is 3.69. The summed E-state index contributed by atoms with van der Waals surface area (Å²) in [6.45, 7) is 6.42. The lowest BCUT2D eigenvalue weighted by Gasteiger charge is -2.12. The smallest absolute Gasteiger partial charge is 0.257 e. The van der Waals surface area contributed by atoms with Crippen molar-refractivity contribution in [2.24, 2.45) is 0 Å². The van der Waals surface area contributed by atoms with Crippen molar-refractivity contribution < 1.29 is 14.3 Å². The number of nitrogens with zero attached hydrogens (tertiary/aromatic N) is 2. The molecule has 7 heteroatoms. The second-order valence-corrected chi connectivity index (χ2v) is 9.88. The molecule has 0 aliphatic carbocycles. The summed E-state index contributed by atoms with van der Waals surface area (Å²) in [5.74, 6) is 2.89. The molecule has 0 aliphatic rings. The van der Waals surface area contributed by atoms with Crippen molar-refractivity contribution in [1.29, 1.82) is 0 Å². The maximum atomic E-state index is 12.3. The number of imidazole rings is 1. The van der Waals surface area contributed by atoms with Crippen LogP contribution in [0.5, 0.6) is 11.5 Å². The summed E-state index contributed by atoms with van der Waals surface area (Å²) < 4.78 is 13.8. The molecular formula is C31H36ClN3O3. The Morgan fingerprint density at radius 2 is 1.68 bits per heavy atom. The van der Waals surface area contributed by atoms with Gasteiger partial charge in [0.1, 0.15) is 17.3 Å². The molecule has 6 nitrogen and oxygen atoms in total. The van der Waals surface area contributed by atoms with E-state index >= 15 is 0 Å². The van der Waals surface area contributed by atoms with E-state index in [0.29, 0.717) is 36.3 Å². The number of aryl methyl sites for hydroxylation is 1. The minimum absolute atomic E-state index is 0.0432. The van der Waals surface area contributed by atoms with E-state index in [2.05, 4.69) is 54.1 Å². The third-order valence-electron chi connectivity index (χ3n) is 6.69. The Balaban J connectivity index is 1.24. The van der Waals surface area contributed by atoms with Gasteiger partial charge in [-0.15, -0.1) is 0 Å². The molecule has 3 aromatic carbocycles. The zero-order chi connectivity index (χ0) is 26.7. The average Bonchev–Trinajstić information content (AvgIpc) is 3.29. The molecule has 200 valence electrons. The van der Waals surface area contributed by atoms with Crippen molar-refractivity contribution in [3.63, 3.8) is 0 Å². The monoisotopic (exact) mass is 533 g/mol. The predicted molar refractivity (Wildman–Crippen MR) is 153 cm³/mol. The molecule has 38 heavy (non-hydrogen) atoms. The van der Waals surface area contributed by atoms with Crippen LogP contribution in [0.1, 0.15) is 50.4 Å². The molecule has 4 rings (SSSR count). The first kappa shape index (κ1) is 27.5. The standard InChI is InChI=1S/C31H36ClN3O3/c1-3-23(2)24-10-14-26(15-11-24)37-21-7-6-20-35-29-9-5-4-8-28(29)34-30(35)18-19-33-31(36)22-38-27-16-12-25(32)13-17-27/h4-5,8-17,23H,3,6-7,18-22H2,1-2H3,(H,33,36). The number of unbranched alkanes of at least 4 members (excludes halogenated alkanes) is 1. The molecule has 0 saturated carbocycles. The third-order valence-corrected chi connectivity index (χ3v) is 6.95. The normalized spacial score (nSPS) is 11.9. The number of halogens is 1. The van der Waals surface area contributed by atoms with Gasteiger partial charge in [0.15, 0.2) is 6.61 Å². The highest BCUT2D eigenvalue weighted by atomic mass is 35.5. The summed E-state index contributed by atoms with van der Waals surface area (Å²) in [5.41, 5.74) is 3.43. The Labute approximate surface area is 229 Å². The van der Waals surface area contributed by atoms with Crippen molar-refractivity contribution in [3.05, 3.63) is 89.2 Å². The summed E-state index contributed by atoms with van der Waals surface area (Å²) in [6, 6.07) is 23.6. The Kier molecular flexibility index (Phi) is 10.0. The fourth-order valence-electron chi connectivity index (χ4n) is 4.30. The van der Waals surface area contributed by atoms with Crippen molar-refractivity contribution in [2.45, 2.75) is 52.0 Å². The van der Waals surface area contributed by atoms with E-state index in [1.807, 2.05) is 18.2 Å². The van der Waals surface area contributed by atoms with E-state index in [1.165, 1.54) is 5.56 Å². The van der Waals surface area contributed by atoms with Crippen LogP contribution in [0.25, 0.3) is 11.0 Å². The lowest BCUT2D eigenvalue weighted by molar-refractivity contribution is -0.123. The number of para-hydroxylation sites is 2. The highest BCUT2D eigenvalue weighted by Gasteiger charge is 2.11. The van der Waals surface area contributed by atoms with E-state index in [4.69, 9.17) is 26.1 Å². The molecule has 4 aromatic rings. The van der Waals surface area contributed by atoms with Crippen LogP contribution in [0.2, 0.25) is 5.02 Å². The van der Waals surface area contributed by atoms with E-state index in [0.717, 1.165) is 48.4 Å². The number of amides is 1. The first-order valence-corrected chi connectivity index (χ1v) is 13.7. The van der Waals surface area contributed by atoms with Crippen LogP contribution in [0.15, 0.2) is 72.8 Å². The van der Waals surface area contributed by atoms with Crippen LogP contribution >= 0.6 is 11.6 Å². The molecular weight excluding hydrogens is 498 g/mol. The maximum absolute atomic E-state index is 12.3. The molecule has 0 aliphatic heterocycles. The number of carbonyl (C=O) groups excluding carboxylic acids is 1. The number of carbonyl (C=O) groups is 1. The van der Waals surface area contributed by atoms with Gasteiger partial charge in [0.2, 0.25) is 0 Å². The fourth-order valence-corrected chi connectivity index (χ4v) is 4.43. The van der Waals surface area contributed by atoms with E-state index in [9.17, 15) is 4.79 Å². The minimum Gasteiger partial charge on any atom is -0.494 e. The van der Waals surface area contributed by atoms with Crippen LogP contribution in [-0.2, 0) is 17.8 Å². The van der Waals surface area contributed by atoms with Gasteiger partial charge in [-0.3, -0.25) is 4.79 Å². The fraction of sp³-hybridized carbons (Fsp3) is 0.355. The third kappa shape index (κ3) is 7.75. The molecule has 0 fully saturated rings. The molecule has 1 heterocycles. The number of ether oxygens (including phenoxy) is 2. The summed E-state index contributed by atoms with van der Waals surface area (Å²) in [7, 11) is 0. The summed E-state index contributed by atoms with van der Waals surface area (Å²) >= 11 is 5.88. The number of rotatable bonds is 14. The number of aromatic nitrogens is 2. The highest BCUT2D eigenvalue weighted by molar-refractivity contribution is 6.30. The van der Waals surface area contributed by atoms with Gasteiger partial charge in [0.25, 0.3) is 5.91 Å². The summed E-state index contributed by atoms with van der Waals surface area (Å²) in [5, 5.41) is 3.56. The van der Waals surface area contributed by atoms with Gasteiger partial charge in [-0.25, -0.2) is 4.98 Å². The van der Waals surface area contributed by atoms with Gasteiger partial charge in [0.05, 0.1) is 17.6 Å². The van der Waals surface area contributed by atoms with Gasteiger partial charge >= 0.3 is 0 Å². The van der Waals surface area contributed by atoms with Gasteiger partial charge in [0, 0.05) is 24.5 Å². The van der Waals surface area contributed by atoms with Crippen molar-refractivity contribution >= 4 is 28.5 Å². The first-order valence-electron chi connectivity index (χ1n) is 13.4. The van der Waals surface area contributed by atoms with Crippen LogP contribution in [0.3, 0.4) is 0 Å². The van der Waals surface area contributed by atoms with Crippen molar-refractivity contribution in [1.82, 2.24) is 14.9 Å².